The number of nitrogens with one attached hydrogen (secondary N) is 1. The monoisotopic (exact) mass is 426 g/mol. The Morgan fingerprint density at radius 1 is 0.844 bits per heavy atom. The Labute approximate surface area is 188 Å². The fraction of sp³-hybridized carbons (Fsp3) is 0.185. The number of carbonyl (C=O) groups excluding carboxylic acids is 2. The number of hydrogen-bond acceptors (Lipinski definition) is 4. The van der Waals surface area contributed by atoms with Crippen molar-refractivity contribution in [3.63, 3.8) is 0 Å². The number of para-hydroxylation sites is 1. The lowest BCUT2D eigenvalue weighted by Crippen LogP contribution is -2.33. The first-order valence-electron chi connectivity index (χ1n) is 10.7. The summed E-state index contributed by atoms with van der Waals surface area (Å²) >= 11 is 0. The van der Waals surface area contributed by atoms with Gasteiger partial charge in [0, 0.05) is 5.69 Å². The van der Waals surface area contributed by atoms with Gasteiger partial charge in [0.25, 0.3) is 11.8 Å². The van der Waals surface area contributed by atoms with Crippen LogP contribution in [-0.4, -0.2) is 18.4 Å². The smallest absolute Gasteiger partial charge is 0.282 e. The van der Waals surface area contributed by atoms with Crippen molar-refractivity contribution in [2.45, 2.75) is 27.7 Å². The number of hydrogen-bond donors (Lipinski definition) is 1. The largest absolute Gasteiger partial charge is 0.494 e. The first-order chi connectivity index (χ1) is 15.4. The third-order valence-corrected chi connectivity index (χ3v) is 5.53. The van der Waals surface area contributed by atoms with Gasteiger partial charge >= 0.3 is 0 Å². The van der Waals surface area contributed by atoms with Crippen molar-refractivity contribution in [2.24, 2.45) is 0 Å². The van der Waals surface area contributed by atoms with E-state index >= 15 is 0 Å². The molecule has 0 bridgehead atoms. The molecular formula is C27H26N2O3. The average Bonchev–Trinajstić information content (AvgIpc) is 3.00. The highest BCUT2D eigenvalue weighted by atomic mass is 16.5. The van der Waals surface area contributed by atoms with Gasteiger partial charge in [0.05, 0.1) is 17.9 Å². The summed E-state index contributed by atoms with van der Waals surface area (Å²) in [4.78, 5) is 28.5. The van der Waals surface area contributed by atoms with Crippen LogP contribution in [0.1, 0.15) is 29.2 Å². The quantitative estimate of drug-likeness (QED) is 0.536. The molecule has 5 heteroatoms. The van der Waals surface area contributed by atoms with Crippen LogP contribution in [0.25, 0.3) is 5.57 Å². The second-order valence-corrected chi connectivity index (χ2v) is 7.88. The molecule has 4 rings (SSSR count). The van der Waals surface area contributed by atoms with Crippen LogP contribution in [0.5, 0.6) is 5.75 Å². The number of benzene rings is 3. The second kappa shape index (κ2) is 8.71. The Morgan fingerprint density at radius 2 is 1.56 bits per heavy atom. The van der Waals surface area contributed by atoms with Crippen molar-refractivity contribution in [2.75, 3.05) is 16.8 Å². The van der Waals surface area contributed by atoms with Crippen molar-refractivity contribution in [1.82, 2.24) is 0 Å². The highest BCUT2D eigenvalue weighted by molar-refractivity contribution is 6.46. The lowest BCUT2D eigenvalue weighted by atomic mass is 9.97. The van der Waals surface area contributed by atoms with Gasteiger partial charge in [-0.1, -0.05) is 42.0 Å². The zero-order chi connectivity index (χ0) is 22.8. The summed E-state index contributed by atoms with van der Waals surface area (Å²) in [6, 6.07) is 20.6. The number of ether oxygens (including phenoxy) is 1. The third-order valence-electron chi connectivity index (χ3n) is 5.53. The Balaban J connectivity index is 1.82. The van der Waals surface area contributed by atoms with Gasteiger partial charge in [0.1, 0.15) is 11.4 Å². The Bertz CT molecular complexity index is 1230. The van der Waals surface area contributed by atoms with E-state index in [1.165, 1.54) is 4.90 Å². The van der Waals surface area contributed by atoms with Crippen LogP contribution in [0.3, 0.4) is 0 Å². The van der Waals surface area contributed by atoms with E-state index in [-0.39, 0.29) is 17.5 Å². The van der Waals surface area contributed by atoms with E-state index in [1.807, 2.05) is 88.4 Å². The second-order valence-electron chi connectivity index (χ2n) is 7.88. The molecule has 0 unspecified atom stereocenters. The summed E-state index contributed by atoms with van der Waals surface area (Å²) in [5.41, 5.74) is 5.60. The summed E-state index contributed by atoms with van der Waals surface area (Å²) in [5.74, 6) is 0.0508. The van der Waals surface area contributed by atoms with E-state index in [0.29, 0.717) is 23.6 Å². The maximum absolute atomic E-state index is 13.6. The zero-order valence-electron chi connectivity index (χ0n) is 18.7. The molecule has 3 aromatic rings. The number of aryl methyl sites for hydroxylation is 3. The van der Waals surface area contributed by atoms with Gasteiger partial charge in [-0.15, -0.1) is 0 Å². The molecular weight excluding hydrogens is 400 g/mol. The Hall–Kier alpha value is -3.86. The predicted molar refractivity (Wildman–Crippen MR) is 128 cm³/mol. The molecule has 5 nitrogen and oxygen atoms in total. The summed E-state index contributed by atoms with van der Waals surface area (Å²) in [7, 11) is 0. The molecule has 1 heterocycles. The minimum absolute atomic E-state index is 0.273. The van der Waals surface area contributed by atoms with Gasteiger partial charge in [-0.2, -0.15) is 0 Å². The molecule has 162 valence electrons. The molecule has 0 aliphatic carbocycles. The first kappa shape index (κ1) is 21.4. The fourth-order valence-electron chi connectivity index (χ4n) is 3.97. The number of imide groups is 1. The number of anilines is 2. The lowest BCUT2D eigenvalue weighted by Gasteiger charge is -2.18. The van der Waals surface area contributed by atoms with Crippen LogP contribution in [0.2, 0.25) is 0 Å². The fourth-order valence-corrected chi connectivity index (χ4v) is 3.97. The molecule has 0 radical (unpaired) electrons. The van der Waals surface area contributed by atoms with Crippen LogP contribution < -0.4 is 15.0 Å². The van der Waals surface area contributed by atoms with Gasteiger partial charge in [0.15, 0.2) is 0 Å². The van der Waals surface area contributed by atoms with E-state index in [0.717, 1.165) is 28.0 Å². The zero-order valence-corrected chi connectivity index (χ0v) is 18.7. The summed E-state index contributed by atoms with van der Waals surface area (Å²) in [6.45, 7) is 8.36. The van der Waals surface area contributed by atoms with E-state index in [1.54, 1.807) is 6.07 Å². The molecule has 0 aromatic heterocycles. The number of rotatable bonds is 6. The topological polar surface area (TPSA) is 58.6 Å². The maximum Gasteiger partial charge on any atom is 0.282 e. The maximum atomic E-state index is 13.6. The normalized spacial score (nSPS) is 13.7. The van der Waals surface area contributed by atoms with Crippen LogP contribution in [-0.2, 0) is 9.59 Å². The highest BCUT2D eigenvalue weighted by Gasteiger charge is 2.41. The van der Waals surface area contributed by atoms with Gasteiger partial charge in [0.2, 0.25) is 0 Å². The minimum atomic E-state index is -0.367. The van der Waals surface area contributed by atoms with E-state index in [2.05, 4.69) is 5.32 Å². The number of nitrogens with zero attached hydrogens (tertiary/aromatic N) is 1. The van der Waals surface area contributed by atoms with Gasteiger partial charge < -0.3 is 10.1 Å². The molecule has 0 atom stereocenters. The molecule has 1 aliphatic rings. The summed E-state index contributed by atoms with van der Waals surface area (Å²) < 4.78 is 5.51. The molecule has 0 spiro atoms. The molecule has 0 saturated heterocycles. The molecule has 1 N–H and O–H groups in total. The van der Waals surface area contributed by atoms with E-state index < -0.39 is 0 Å². The van der Waals surface area contributed by atoms with E-state index in [9.17, 15) is 9.59 Å². The van der Waals surface area contributed by atoms with E-state index in [4.69, 9.17) is 4.74 Å². The molecule has 32 heavy (non-hydrogen) atoms. The Morgan fingerprint density at radius 3 is 2.22 bits per heavy atom. The lowest BCUT2D eigenvalue weighted by molar-refractivity contribution is -0.120. The van der Waals surface area contributed by atoms with Crippen LogP contribution in [0.4, 0.5) is 11.4 Å². The van der Waals surface area contributed by atoms with Gasteiger partial charge in [-0.05, 0) is 74.7 Å². The van der Waals surface area contributed by atoms with Crippen LogP contribution in [0, 0.1) is 20.8 Å². The van der Waals surface area contributed by atoms with Crippen molar-refractivity contribution in [1.29, 1.82) is 0 Å². The highest BCUT2D eigenvalue weighted by Crippen LogP contribution is 2.36. The van der Waals surface area contributed by atoms with Crippen LogP contribution in [0.15, 0.2) is 72.4 Å². The Kier molecular flexibility index (Phi) is 5.82. The van der Waals surface area contributed by atoms with Crippen molar-refractivity contribution in [3.8, 4) is 5.75 Å². The standard InChI is InChI=1S/C27H26N2O3/c1-5-32-21-13-11-20(12-14-21)28-25-24(22-15-10-17(2)16-19(22)4)26(30)29(27(25)31)23-9-7-6-8-18(23)3/h6-16,28H,5H2,1-4H3. The summed E-state index contributed by atoms with van der Waals surface area (Å²) in [6.07, 6.45) is 0. The SMILES string of the molecule is CCOc1ccc(NC2=C(c3ccc(C)cc3C)C(=O)N(c3ccccc3C)C2=O)cc1. The third kappa shape index (κ3) is 3.89. The first-order valence-corrected chi connectivity index (χ1v) is 10.7. The minimum Gasteiger partial charge on any atom is -0.494 e. The molecule has 0 fully saturated rings. The molecule has 3 aromatic carbocycles. The molecule has 0 saturated carbocycles. The number of amides is 2. The number of carbonyl (C=O) groups is 2. The van der Waals surface area contributed by atoms with Gasteiger partial charge in [-0.25, -0.2) is 4.90 Å². The van der Waals surface area contributed by atoms with Crippen molar-refractivity contribution in [3.05, 3.63) is 94.7 Å². The van der Waals surface area contributed by atoms with Crippen molar-refractivity contribution >= 4 is 28.8 Å². The van der Waals surface area contributed by atoms with Crippen molar-refractivity contribution < 1.29 is 14.3 Å². The van der Waals surface area contributed by atoms with Crippen LogP contribution >= 0.6 is 0 Å². The predicted octanol–water partition coefficient (Wildman–Crippen LogP) is 5.41. The van der Waals surface area contributed by atoms with Gasteiger partial charge in [-0.3, -0.25) is 9.59 Å². The molecule has 2 amide bonds. The summed E-state index contributed by atoms with van der Waals surface area (Å²) in [5, 5.41) is 3.21. The average molecular weight is 427 g/mol. The molecule has 1 aliphatic heterocycles.